The first-order chi connectivity index (χ1) is 11.4. The van der Waals surface area contributed by atoms with Gasteiger partial charge in [-0.1, -0.05) is 11.6 Å². The molecule has 128 valence electrons. The normalized spacial score (nSPS) is 11.0. The van der Waals surface area contributed by atoms with Crippen molar-refractivity contribution in [3.05, 3.63) is 53.4 Å². The van der Waals surface area contributed by atoms with Gasteiger partial charge in [-0.25, -0.2) is 0 Å². The first-order valence-electron chi connectivity index (χ1n) is 7.43. The van der Waals surface area contributed by atoms with Crippen molar-refractivity contribution in [3.8, 4) is 5.75 Å². The standard InChI is InChI=1S/C17H19ClN2O4/c1-17(2,24-13-7-5-12(18)6-8-13)16(22)20-10-9-19-15(21)14-4-3-11-23-14/h3-8,11H,9-10H2,1-2H3,(H,19,21)(H,20,22). The Balaban J connectivity index is 1.76. The second-order valence-corrected chi connectivity index (χ2v) is 5.99. The van der Waals surface area contributed by atoms with Crippen molar-refractivity contribution in [1.29, 1.82) is 0 Å². The van der Waals surface area contributed by atoms with Gasteiger partial charge in [0.15, 0.2) is 11.4 Å². The molecule has 0 aliphatic rings. The van der Waals surface area contributed by atoms with E-state index in [9.17, 15) is 9.59 Å². The van der Waals surface area contributed by atoms with Gasteiger partial charge in [0.25, 0.3) is 11.8 Å². The molecule has 6 nitrogen and oxygen atoms in total. The molecule has 1 aromatic heterocycles. The number of halogens is 1. The predicted molar refractivity (Wildman–Crippen MR) is 90.2 cm³/mol. The molecule has 1 heterocycles. The zero-order chi connectivity index (χ0) is 17.6. The number of carbonyl (C=O) groups is 2. The molecule has 0 aliphatic heterocycles. The van der Waals surface area contributed by atoms with Gasteiger partial charge in [0, 0.05) is 18.1 Å². The fourth-order valence-electron chi connectivity index (χ4n) is 1.90. The van der Waals surface area contributed by atoms with Crippen LogP contribution in [-0.4, -0.2) is 30.5 Å². The number of amides is 2. The summed E-state index contributed by atoms with van der Waals surface area (Å²) in [6, 6.07) is 9.97. The van der Waals surface area contributed by atoms with Gasteiger partial charge >= 0.3 is 0 Å². The lowest BCUT2D eigenvalue weighted by molar-refractivity contribution is -0.134. The lowest BCUT2D eigenvalue weighted by Crippen LogP contribution is -2.48. The molecule has 0 fully saturated rings. The smallest absolute Gasteiger partial charge is 0.287 e. The van der Waals surface area contributed by atoms with Gasteiger partial charge < -0.3 is 19.8 Å². The second-order valence-electron chi connectivity index (χ2n) is 5.56. The molecule has 0 atom stereocenters. The molecule has 0 saturated carbocycles. The van der Waals surface area contributed by atoms with E-state index in [0.717, 1.165) is 0 Å². The SMILES string of the molecule is CC(C)(Oc1ccc(Cl)cc1)C(=O)NCCNC(=O)c1ccco1. The number of furan rings is 1. The molecule has 2 amide bonds. The number of hydrogen-bond donors (Lipinski definition) is 2. The lowest BCUT2D eigenvalue weighted by Gasteiger charge is -2.25. The molecule has 0 aliphatic carbocycles. The second kappa shape index (κ2) is 7.88. The van der Waals surface area contributed by atoms with E-state index in [2.05, 4.69) is 10.6 Å². The summed E-state index contributed by atoms with van der Waals surface area (Å²) in [5.41, 5.74) is -1.06. The first kappa shape index (κ1) is 17.9. The number of benzene rings is 1. The minimum atomic E-state index is -1.06. The Labute approximate surface area is 145 Å². The molecule has 2 N–H and O–H groups in total. The average Bonchev–Trinajstić information content (AvgIpc) is 3.07. The van der Waals surface area contributed by atoms with Crippen LogP contribution < -0.4 is 15.4 Å². The number of ether oxygens (including phenoxy) is 1. The van der Waals surface area contributed by atoms with Crippen LogP contribution in [0.4, 0.5) is 0 Å². The lowest BCUT2D eigenvalue weighted by atomic mass is 10.1. The molecule has 7 heteroatoms. The van der Waals surface area contributed by atoms with E-state index in [1.54, 1.807) is 50.2 Å². The summed E-state index contributed by atoms with van der Waals surface area (Å²) < 4.78 is 10.7. The van der Waals surface area contributed by atoms with Gasteiger partial charge in [-0.3, -0.25) is 9.59 Å². The molecule has 1 aromatic carbocycles. The highest BCUT2D eigenvalue weighted by atomic mass is 35.5. The van der Waals surface area contributed by atoms with Crippen molar-refractivity contribution in [2.24, 2.45) is 0 Å². The van der Waals surface area contributed by atoms with Crippen LogP contribution in [0.3, 0.4) is 0 Å². The Kier molecular flexibility index (Phi) is 5.87. The van der Waals surface area contributed by atoms with E-state index in [1.165, 1.54) is 6.26 Å². The topological polar surface area (TPSA) is 80.6 Å². The average molecular weight is 351 g/mol. The zero-order valence-corrected chi connectivity index (χ0v) is 14.2. The van der Waals surface area contributed by atoms with Gasteiger partial charge in [-0.05, 0) is 50.2 Å². The third kappa shape index (κ3) is 5.03. The van der Waals surface area contributed by atoms with Crippen molar-refractivity contribution in [2.45, 2.75) is 19.4 Å². The Morgan fingerprint density at radius 2 is 1.79 bits per heavy atom. The van der Waals surface area contributed by atoms with Crippen molar-refractivity contribution in [2.75, 3.05) is 13.1 Å². The van der Waals surface area contributed by atoms with E-state index in [4.69, 9.17) is 20.8 Å². The number of nitrogens with one attached hydrogen (secondary N) is 2. The number of rotatable bonds is 7. The Hall–Kier alpha value is -2.47. The summed E-state index contributed by atoms with van der Waals surface area (Å²) in [4.78, 5) is 23.9. The van der Waals surface area contributed by atoms with E-state index >= 15 is 0 Å². The van der Waals surface area contributed by atoms with Gasteiger partial charge in [0.1, 0.15) is 5.75 Å². The number of hydrogen-bond acceptors (Lipinski definition) is 4. The van der Waals surface area contributed by atoms with Crippen LogP contribution in [0.2, 0.25) is 5.02 Å². The van der Waals surface area contributed by atoms with Crippen LogP contribution in [0, 0.1) is 0 Å². The van der Waals surface area contributed by atoms with Crippen molar-refractivity contribution < 1.29 is 18.7 Å². The fraction of sp³-hybridized carbons (Fsp3) is 0.294. The summed E-state index contributed by atoms with van der Waals surface area (Å²) in [6.45, 7) is 3.89. The Morgan fingerprint density at radius 3 is 2.42 bits per heavy atom. The molecule has 0 radical (unpaired) electrons. The predicted octanol–water partition coefficient (Wildman–Crippen LogP) is 2.64. The van der Waals surface area contributed by atoms with E-state index in [0.29, 0.717) is 10.8 Å². The van der Waals surface area contributed by atoms with E-state index in [-0.39, 0.29) is 30.7 Å². The maximum absolute atomic E-state index is 12.2. The fourth-order valence-corrected chi connectivity index (χ4v) is 2.03. The number of carbonyl (C=O) groups excluding carboxylic acids is 2. The quantitative estimate of drug-likeness (QED) is 0.752. The highest BCUT2D eigenvalue weighted by molar-refractivity contribution is 6.30. The molecule has 0 unspecified atom stereocenters. The van der Waals surface area contributed by atoms with Crippen LogP contribution in [0.1, 0.15) is 24.4 Å². The highest BCUT2D eigenvalue weighted by Gasteiger charge is 2.29. The Morgan fingerprint density at radius 1 is 1.12 bits per heavy atom. The van der Waals surface area contributed by atoms with Crippen molar-refractivity contribution >= 4 is 23.4 Å². The van der Waals surface area contributed by atoms with Crippen LogP contribution in [0.25, 0.3) is 0 Å². The largest absolute Gasteiger partial charge is 0.478 e. The van der Waals surface area contributed by atoms with Gasteiger partial charge in [0.05, 0.1) is 6.26 Å². The van der Waals surface area contributed by atoms with Crippen LogP contribution in [0.15, 0.2) is 47.1 Å². The van der Waals surface area contributed by atoms with Crippen LogP contribution in [0.5, 0.6) is 5.75 Å². The minimum absolute atomic E-state index is 0.229. The maximum atomic E-state index is 12.2. The van der Waals surface area contributed by atoms with E-state index in [1.807, 2.05) is 0 Å². The summed E-state index contributed by atoms with van der Waals surface area (Å²) in [5, 5.41) is 5.96. The van der Waals surface area contributed by atoms with Gasteiger partial charge in [0.2, 0.25) is 0 Å². The molecule has 0 bridgehead atoms. The van der Waals surface area contributed by atoms with E-state index < -0.39 is 5.60 Å². The molecule has 0 spiro atoms. The van der Waals surface area contributed by atoms with Gasteiger partial charge in [-0.15, -0.1) is 0 Å². The zero-order valence-electron chi connectivity index (χ0n) is 13.5. The van der Waals surface area contributed by atoms with Crippen molar-refractivity contribution in [3.63, 3.8) is 0 Å². The first-order valence-corrected chi connectivity index (χ1v) is 7.81. The minimum Gasteiger partial charge on any atom is -0.478 e. The maximum Gasteiger partial charge on any atom is 0.287 e. The molecular weight excluding hydrogens is 332 g/mol. The molecule has 0 saturated heterocycles. The summed E-state index contributed by atoms with van der Waals surface area (Å²) in [6.07, 6.45) is 1.42. The van der Waals surface area contributed by atoms with Crippen molar-refractivity contribution in [1.82, 2.24) is 10.6 Å². The third-order valence-corrected chi connectivity index (χ3v) is 3.43. The molecule has 2 rings (SSSR count). The molecule has 2 aromatic rings. The van der Waals surface area contributed by atoms with Crippen LogP contribution >= 0.6 is 11.6 Å². The monoisotopic (exact) mass is 350 g/mol. The summed E-state index contributed by atoms with van der Waals surface area (Å²) in [5.74, 6) is 0.161. The highest BCUT2D eigenvalue weighted by Crippen LogP contribution is 2.20. The summed E-state index contributed by atoms with van der Waals surface area (Å²) >= 11 is 5.82. The Bertz CT molecular complexity index is 681. The molecular formula is C17H19ClN2O4. The summed E-state index contributed by atoms with van der Waals surface area (Å²) in [7, 11) is 0. The van der Waals surface area contributed by atoms with Crippen LogP contribution in [-0.2, 0) is 4.79 Å². The third-order valence-electron chi connectivity index (χ3n) is 3.17. The molecule has 24 heavy (non-hydrogen) atoms. The van der Waals surface area contributed by atoms with Gasteiger partial charge in [-0.2, -0.15) is 0 Å².